The van der Waals surface area contributed by atoms with E-state index in [0.717, 1.165) is 19.4 Å². The highest BCUT2D eigenvalue weighted by Gasteiger charge is 1.83. The molecule has 12 heavy (non-hydrogen) atoms. The van der Waals surface area contributed by atoms with Gasteiger partial charge in [0, 0.05) is 0 Å². The Morgan fingerprint density at radius 3 is 2.58 bits per heavy atom. The van der Waals surface area contributed by atoms with Crippen LogP contribution in [0.1, 0.15) is 26.7 Å². The van der Waals surface area contributed by atoms with Crippen molar-refractivity contribution in [3.63, 3.8) is 0 Å². The van der Waals surface area contributed by atoms with E-state index in [1.165, 1.54) is 11.1 Å². The molecule has 1 heteroatoms. The topological polar surface area (TPSA) is 26.0 Å². The largest absolute Gasteiger partial charge is 0.330 e. The summed E-state index contributed by atoms with van der Waals surface area (Å²) in [6, 6.07) is 0. The van der Waals surface area contributed by atoms with Gasteiger partial charge >= 0.3 is 0 Å². The van der Waals surface area contributed by atoms with Gasteiger partial charge in [-0.25, -0.2) is 0 Å². The molecule has 0 unspecified atom stereocenters. The summed E-state index contributed by atoms with van der Waals surface area (Å²) in [6.07, 6.45) is 8.24. The Kier molecular flexibility index (Phi) is 6.39. The molecular weight excluding hydrogens is 146 g/mol. The summed E-state index contributed by atoms with van der Waals surface area (Å²) in [5.41, 5.74) is 7.92. The van der Waals surface area contributed by atoms with Crippen LogP contribution in [0.5, 0.6) is 0 Å². The quantitative estimate of drug-likeness (QED) is 0.492. The van der Waals surface area contributed by atoms with E-state index in [4.69, 9.17) is 5.73 Å². The molecule has 0 aromatic heterocycles. The summed E-state index contributed by atoms with van der Waals surface area (Å²) in [5.74, 6) is 0. The van der Waals surface area contributed by atoms with Crippen LogP contribution in [0, 0.1) is 0 Å². The van der Waals surface area contributed by atoms with Gasteiger partial charge in [-0.15, -0.1) is 0 Å². The Morgan fingerprint density at radius 2 is 2.08 bits per heavy atom. The van der Waals surface area contributed by atoms with Crippen LogP contribution in [0.25, 0.3) is 0 Å². The summed E-state index contributed by atoms with van der Waals surface area (Å²) in [5, 5.41) is 0. The maximum absolute atomic E-state index is 5.40. The molecule has 0 aromatic carbocycles. The number of hydrogen-bond acceptors (Lipinski definition) is 1. The Morgan fingerprint density at radius 1 is 1.42 bits per heavy atom. The first-order valence-corrected chi connectivity index (χ1v) is 4.33. The molecule has 1 nitrogen and oxygen atoms in total. The number of rotatable bonds is 5. The van der Waals surface area contributed by atoms with Crippen molar-refractivity contribution < 1.29 is 0 Å². The van der Waals surface area contributed by atoms with E-state index in [0.29, 0.717) is 0 Å². The number of nitrogens with two attached hydrogens (primary N) is 1. The van der Waals surface area contributed by atoms with Crippen molar-refractivity contribution in [3.8, 4) is 0 Å². The second-order valence-electron chi connectivity index (χ2n) is 3.14. The highest BCUT2D eigenvalue weighted by molar-refractivity contribution is 5.12. The first-order valence-electron chi connectivity index (χ1n) is 4.33. The van der Waals surface area contributed by atoms with E-state index in [9.17, 15) is 0 Å². The van der Waals surface area contributed by atoms with Gasteiger partial charge in [-0.05, 0) is 33.2 Å². The van der Waals surface area contributed by atoms with Gasteiger partial charge < -0.3 is 5.73 Å². The van der Waals surface area contributed by atoms with Gasteiger partial charge in [0.15, 0.2) is 0 Å². The molecule has 0 amide bonds. The fraction of sp³-hybridized carbons (Fsp3) is 0.455. The standard InChI is InChI=1S/C11H19N/c1-10(2)6-4-5-7-11(3)8-9-12/h4-5,7H,1,6,8-9,12H2,2-3H3/b5-4-,11-7+. The molecule has 0 spiro atoms. The van der Waals surface area contributed by atoms with Crippen LogP contribution in [0.15, 0.2) is 36.0 Å². The fourth-order valence-corrected chi connectivity index (χ4v) is 0.813. The second-order valence-corrected chi connectivity index (χ2v) is 3.14. The molecular formula is C11H19N. The number of hydrogen-bond donors (Lipinski definition) is 1. The molecule has 0 atom stereocenters. The third-order valence-corrected chi connectivity index (χ3v) is 1.52. The van der Waals surface area contributed by atoms with Crippen molar-refractivity contribution in [2.75, 3.05) is 6.54 Å². The second kappa shape index (κ2) is 6.86. The Balaban J connectivity index is 3.70. The molecule has 0 fully saturated rings. The lowest BCUT2D eigenvalue weighted by molar-refractivity contribution is 0.950. The zero-order valence-electron chi connectivity index (χ0n) is 8.14. The van der Waals surface area contributed by atoms with Crippen LogP contribution in [0.4, 0.5) is 0 Å². The molecule has 0 saturated carbocycles. The molecule has 68 valence electrons. The molecule has 0 aromatic rings. The molecule has 0 aliphatic rings. The summed E-state index contributed by atoms with van der Waals surface area (Å²) in [4.78, 5) is 0. The first-order chi connectivity index (χ1) is 5.66. The van der Waals surface area contributed by atoms with Crippen molar-refractivity contribution in [1.82, 2.24) is 0 Å². The first kappa shape index (κ1) is 11.2. The molecule has 0 aliphatic heterocycles. The predicted molar refractivity (Wildman–Crippen MR) is 56.0 cm³/mol. The number of allylic oxidation sites excluding steroid dienone is 4. The summed E-state index contributed by atoms with van der Waals surface area (Å²) in [7, 11) is 0. The molecule has 0 rings (SSSR count). The smallest absolute Gasteiger partial charge is 0.00399 e. The molecule has 0 bridgehead atoms. The van der Waals surface area contributed by atoms with Crippen LogP contribution >= 0.6 is 0 Å². The highest BCUT2D eigenvalue weighted by atomic mass is 14.5. The van der Waals surface area contributed by atoms with Gasteiger partial charge in [0.2, 0.25) is 0 Å². The fourth-order valence-electron chi connectivity index (χ4n) is 0.813. The third-order valence-electron chi connectivity index (χ3n) is 1.52. The third kappa shape index (κ3) is 7.29. The normalized spacial score (nSPS) is 12.4. The minimum absolute atomic E-state index is 0.733. The van der Waals surface area contributed by atoms with Gasteiger partial charge in [-0.3, -0.25) is 0 Å². The Bertz CT molecular complexity index is 187. The molecule has 0 radical (unpaired) electrons. The van der Waals surface area contributed by atoms with Crippen LogP contribution < -0.4 is 5.73 Å². The summed E-state index contributed by atoms with van der Waals surface area (Å²) >= 11 is 0. The van der Waals surface area contributed by atoms with Crippen LogP contribution in [0.2, 0.25) is 0 Å². The van der Waals surface area contributed by atoms with Crippen molar-refractivity contribution >= 4 is 0 Å². The summed E-state index contributed by atoms with van der Waals surface area (Å²) in [6.45, 7) is 8.67. The van der Waals surface area contributed by atoms with Gasteiger partial charge in [-0.2, -0.15) is 0 Å². The Labute approximate surface area is 75.7 Å². The van der Waals surface area contributed by atoms with Crippen molar-refractivity contribution in [3.05, 3.63) is 36.0 Å². The lowest BCUT2D eigenvalue weighted by atomic mass is 10.2. The minimum Gasteiger partial charge on any atom is -0.330 e. The van der Waals surface area contributed by atoms with Crippen LogP contribution in [-0.4, -0.2) is 6.54 Å². The van der Waals surface area contributed by atoms with Crippen LogP contribution in [0.3, 0.4) is 0 Å². The zero-order valence-corrected chi connectivity index (χ0v) is 8.14. The zero-order chi connectivity index (χ0) is 9.40. The summed E-state index contributed by atoms with van der Waals surface area (Å²) < 4.78 is 0. The average molecular weight is 165 g/mol. The van der Waals surface area contributed by atoms with Crippen LogP contribution in [-0.2, 0) is 0 Å². The van der Waals surface area contributed by atoms with E-state index < -0.39 is 0 Å². The van der Waals surface area contributed by atoms with Crippen molar-refractivity contribution in [1.29, 1.82) is 0 Å². The van der Waals surface area contributed by atoms with E-state index >= 15 is 0 Å². The lowest BCUT2D eigenvalue weighted by Gasteiger charge is -1.93. The van der Waals surface area contributed by atoms with E-state index in [2.05, 4.69) is 31.7 Å². The molecule has 0 aliphatic carbocycles. The monoisotopic (exact) mass is 165 g/mol. The van der Waals surface area contributed by atoms with E-state index in [1.54, 1.807) is 0 Å². The maximum Gasteiger partial charge on any atom is -0.00399 e. The van der Waals surface area contributed by atoms with E-state index in [-0.39, 0.29) is 0 Å². The SMILES string of the molecule is C=C(C)C/C=C\C=C(/C)CCN. The molecule has 0 heterocycles. The lowest BCUT2D eigenvalue weighted by Crippen LogP contribution is -1.98. The average Bonchev–Trinajstić information content (AvgIpc) is 1.98. The molecule has 0 saturated heterocycles. The van der Waals surface area contributed by atoms with Crippen molar-refractivity contribution in [2.45, 2.75) is 26.7 Å². The maximum atomic E-state index is 5.40. The molecule has 2 N–H and O–H groups in total. The van der Waals surface area contributed by atoms with Crippen molar-refractivity contribution in [2.24, 2.45) is 5.73 Å². The Hall–Kier alpha value is -0.820. The van der Waals surface area contributed by atoms with Gasteiger partial charge in [0.1, 0.15) is 0 Å². The van der Waals surface area contributed by atoms with Gasteiger partial charge in [-0.1, -0.05) is 36.0 Å². The predicted octanol–water partition coefficient (Wildman–Crippen LogP) is 2.80. The van der Waals surface area contributed by atoms with Gasteiger partial charge in [0.25, 0.3) is 0 Å². The minimum atomic E-state index is 0.733. The highest BCUT2D eigenvalue weighted by Crippen LogP contribution is 2.00. The van der Waals surface area contributed by atoms with E-state index in [1.807, 2.05) is 6.92 Å². The van der Waals surface area contributed by atoms with Gasteiger partial charge in [0.05, 0.1) is 0 Å².